The molecule has 0 saturated carbocycles. The van der Waals surface area contributed by atoms with Crippen LogP contribution < -0.4 is 10.5 Å². The molecule has 0 aliphatic carbocycles. The van der Waals surface area contributed by atoms with Crippen molar-refractivity contribution in [2.45, 2.75) is 19.4 Å². The Balaban J connectivity index is 2.17. The van der Waals surface area contributed by atoms with Crippen molar-refractivity contribution in [2.75, 3.05) is 12.8 Å². The monoisotopic (exact) mass is 287 g/mol. The van der Waals surface area contributed by atoms with Gasteiger partial charge in [-0.15, -0.1) is 11.3 Å². The Bertz CT molecular complexity index is 718. The third-order valence-electron chi connectivity index (χ3n) is 3.49. The summed E-state index contributed by atoms with van der Waals surface area (Å²) in [5, 5.41) is 2.09. The van der Waals surface area contributed by atoms with E-state index in [-0.39, 0.29) is 6.04 Å². The predicted molar refractivity (Wildman–Crippen MR) is 83.4 cm³/mol. The number of hydrogen-bond acceptors (Lipinski definition) is 4. The molecule has 0 bridgehead atoms. The standard InChI is InChI=1S/C15H17N3OS/c1-3-12(14-5-4-8-20-14)18-13-7-6-10(19-2)9-11(13)17-15(18)16/h4-9,12H,3H2,1-2H3,(H2,16,17). The summed E-state index contributed by atoms with van der Waals surface area (Å²) in [6.45, 7) is 2.17. The lowest BCUT2D eigenvalue weighted by atomic mass is 10.1. The zero-order chi connectivity index (χ0) is 14.1. The molecule has 3 rings (SSSR count). The first-order valence-corrected chi connectivity index (χ1v) is 7.47. The lowest BCUT2D eigenvalue weighted by Crippen LogP contribution is -2.11. The molecule has 0 aliphatic rings. The van der Waals surface area contributed by atoms with Crippen molar-refractivity contribution in [3.63, 3.8) is 0 Å². The fraction of sp³-hybridized carbons (Fsp3) is 0.267. The molecule has 20 heavy (non-hydrogen) atoms. The highest BCUT2D eigenvalue weighted by Crippen LogP contribution is 2.33. The summed E-state index contributed by atoms with van der Waals surface area (Å²) in [5.74, 6) is 1.35. The van der Waals surface area contributed by atoms with E-state index in [1.54, 1.807) is 18.4 Å². The van der Waals surface area contributed by atoms with E-state index in [2.05, 4.69) is 34.0 Å². The molecule has 0 fully saturated rings. The fourth-order valence-electron chi connectivity index (χ4n) is 2.54. The molecule has 1 atom stereocenters. The van der Waals surface area contributed by atoms with Crippen LogP contribution in [0, 0.1) is 0 Å². The van der Waals surface area contributed by atoms with Gasteiger partial charge in [0.15, 0.2) is 0 Å². The molecule has 0 amide bonds. The van der Waals surface area contributed by atoms with Gasteiger partial charge in [-0.25, -0.2) is 4.98 Å². The predicted octanol–water partition coefficient (Wildman–Crippen LogP) is 3.69. The second-order valence-corrected chi connectivity index (χ2v) is 5.61. The van der Waals surface area contributed by atoms with Crippen molar-refractivity contribution in [3.05, 3.63) is 40.6 Å². The van der Waals surface area contributed by atoms with Gasteiger partial charge in [0.25, 0.3) is 0 Å². The lowest BCUT2D eigenvalue weighted by Gasteiger charge is -2.17. The van der Waals surface area contributed by atoms with Crippen LogP contribution in [0.2, 0.25) is 0 Å². The van der Waals surface area contributed by atoms with E-state index in [1.807, 2.05) is 18.2 Å². The van der Waals surface area contributed by atoms with Crippen LogP contribution in [-0.4, -0.2) is 16.7 Å². The minimum Gasteiger partial charge on any atom is -0.497 e. The first kappa shape index (κ1) is 13.0. The summed E-state index contributed by atoms with van der Waals surface area (Å²) < 4.78 is 7.35. The van der Waals surface area contributed by atoms with Crippen LogP contribution in [0.1, 0.15) is 24.3 Å². The van der Waals surface area contributed by atoms with E-state index in [0.29, 0.717) is 5.95 Å². The summed E-state index contributed by atoms with van der Waals surface area (Å²) in [5.41, 5.74) is 8.06. The molecule has 3 aromatic rings. The molecule has 0 spiro atoms. The maximum absolute atomic E-state index is 6.14. The Labute approximate surface area is 121 Å². The van der Waals surface area contributed by atoms with Gasteiger partial charge >= 0.3 is 0 Å². The number of anilines is 1. The van der Waals surface area contributed by atoms with Crippen molar-refractivity contribution in [1.82, 2.24) is 9.55 Å². The van der Waals surface area contributed by atoms with Gasteiger partial charge in [0.05, 0.1) is 24.2 Å². The highest BCUT2D eigenvalue weighted by molar-refractivity contribution is 7.10. The number of nitrogens with two attached hydrogens (primary N) is 1. The van der Waals surface area contributed by atoms with E-state index in [1.165, 1.54) is 4.88 Å². The molecule has 0 aliphatic heterocycles. The number of methoxy groups -OCH3 is 1. The van der Waals surface area contributed by atoms with Crippen molar-refractivity contribution in [3.8, 4) is 5.75 Å². The number of nitrogens with zero attached hydrogens (tertiary/aromatic N) is 2. The first-order valence-electron chi connectivity index (χ1n) is 6.59. The van der Waals surface area contributed by atoms with Gasteiger partial charge in [-0.2, -0.15) is 0 Å². The number of thiophene rings is 1. The molecule has 1 aromatic carbocycles. The van der Waals surface area contributed by atoms with Gasteiger partial charge < -0.3 is 15.0 Å². The first-order chi connectivity index (χ1) is 9.74. The van der Waals surface area contributed by atoms with E-state index in [0.717, 1.165) is 23.2 Å². The molecule has 104 valence electrons. The summed E-state index contributed by atoms with van der Waals surface area (Å²) in [4.78, 5) is 5.77. The van der Waals surface area contributed by atoms with E-state index in [9.17, 15) is 0 Å². The zero-order valence-corrected chi connectivity index (χ0v) is 12.4. The molecular weight excluding hydrogens is 270 g/mol. The molecule has 0 saturated heterocycles. The second kappa shape index (κ2) is 5.17. The van der Waals surface area contributed by atoms with E-state index >= 15 is 0 Å². The van der Waals surface area contributed by atoms with Crippen LogP contribution in [0.4, 0.5) is 5.95 Å². The van der Waals surface area contributed by atoms with Crippen LogP contribution in [0.25, 0.3) is 11.0 Å². The normalized spacial score (nSPS) is 12.7. The molecule has 1 unspecified atom stereocenters. The molecule has 2 N–H and O–H groups in total. The maximum Gasteiger partial charge on any atom is 0.201 e. The van der Waals surface area contributed by atoms with Gasteiger partial charge in [0.1, 0.15) is 5.75 Å². The van der Waals surface area contributed by atoms with E-state index < -0.39 is 0 Å². The zero-order valence-electron chi connectivity index (χ0n) is 11.5. The minimum absolute atomic E-state index is 0.230. The lowest BCUT2D eigenvalue weighted by molar-refractivity contribution is 0.415. The number of fused-ring (bicyclic) bond motifs is 1. The topological polar surface area (TPSA) is 53.1 Å². The summed E-state index contributed by atoms with van der Waals surface area (Å²) >= 11 is 1.75. The van der Waals surface area contributed by atoms with Crippen molar-refractivity contribution < 1.29 is 4.74 Å². The van der Waals surface area contributed by atoms with Crippen molar-refractivity contribution in [2.24, 2.45) is 0 Å². The van der Waals surface area contributed by atoms with Crippen LogP contribution in [0.15, 0.2) is 35.7 Å². The Morgan fingerprint density at radius 3 is 2.90 bits per heavy atom. The van der Waals surface area contributed by atoms with Gasteiger partial charge in [-0.1, -0.05) is 13.0 Å². The van der Waals surface area contributed by atoms with Crippen LogP contribution in [0.5, 0.6) is 5.75 Å². The summed E-state index contributed by atoms with van der Waals surface area (Å²) in [6, 6.07) is 10.3. The number of aromatic nitrogens is 2. The van der Waals surface area contributed by atoms with Gasteiger partial charge in [-0.05, 0) is 30.0 Å². The maximum atomic E-state index is 6.14. The second-order valence-electron chi connectivity index (χ2n) is 4.63. The molecule has 5 heteroatoms. The smallest absolute Gasteiger partial charge is 0.201 e. The van der Waals surface area contributed by atoms with E-state index in [4.69, 9.17) is 10.5 Å². The van der Waals surface area contributed by atoms with Crippen LogP contribution >= 0.6 is 11.3 Å². The SMILES string of the molecule is CCC(c1cccs1)n1c(N)nc2cc(OC)ccc21. The van der Waals surface area contributed by atoms with Gasteiger partial charge in [0, 0.05) is 10.9 Å². The van der Waals surface area contributed by atoms with Gasteiger partial charge in [-0.3, -0.25) is 0 Å². The Morgan fingerprint density at radius 2 is 2.25 bits per heavy atom. The van der Waals surface area contributed by atoms with Crippen LogP contribution in [-0.2, 0) is 0 Å². The van der Waals surface area contributed by atoms with Crippen LogP contribution in [0.3, 0.4) is 0 Å². The molecule has 4 nitrogen and oxygen atoms in total. The number of nitrogen functional groups attached to an aromatic ring is 1. The quantitative estimate of drug-likeness (QED) is 0.796. The highest BCUT2D eigenvalue weighted by Gasteiger charge is 2.19. The third kappa shape index (κ3) is 2.04. The Hall–Kier alpha value is -2.01. The van der Waals surface area contributed by atoms with Crippen molar-refractivity contribution >= 4 is 28.3 Å². The molecule has 0 radical (unpaired) electrons. The minimum atomic E-state index is 0.230. The van der Waals surface area contributed by atoms with Gasteiger partial charge in [0.2, 0.25) is 5.95 Å². The fourth-order valence-corrected chi connectivity index (χ4v) is 3.44. The summed E-state index contributed by atoms with van der Waals surface area (Å²) in [6.07, 6.45) is 0.974. The average molecular weight is 287 g/mol. The Kier molecular flexibility index (Phi) is 3.36. The number of benzene rings is 1. The van der Waals surface area contributed by atoms with Crippen molar-refractivity contribution in [1.29, 1.82) is 0 Å². The molecular formula is C15H17N3OS. The number of hydrogen-bond donors (Lipinski definition) is 1. The highest BCUT2D eigenvalue weighted by atomic mass is 32.1. The number of imidazole rings is 1. The number of ether oxygens (including phenoxy) is 1. The third-order valence-corrected chi connectivity index (χ3v) is 4.47. The number of rotatable bonds is 4. The molecule has 2 aromatic heterocycles. The largest absolute Gasteiger partial charge is 0.497 e. The average Bonchev–Trinajstić information content (AvgIpc) is 3.08. The summed E-state index contributed by atoms with van der Waals surface area (Å²) in [7, 11) is 1.65. The molecule has 2 heterocycles. The Morgan fingerprint density at radius 1 is 1.40 bits per heavy atom.